The molecule has 0 fully saturated rings. The number of carbonyl (C=O) groups is 2. The number of para-hydroxylation sites is 2. The summed E-state index contributed by atoms with van der Waals surface area (Å²) < 4.78 is 5.34. The van der Waals surface area contributed by atoms with Gasteiger partial charge in [-0.1, -0.05) is 54.2 Å². The van der Waals surface area contributed by atoms with Crippen LogP contribution in [0.25, 0.3) is 0 Å². The number of non-ortho nitro benzene ring substituents is 1. The van der Waals surface area contributed by atoms with Crippen LogP contribution in [0.15, 0.2) is 82.8 Å². The van der Waals surface area contributed by atoms with E-state index in [0.29, 0.717) is 34.7 Å². The maximum atomic E-state index is 13.0. The minimum Gasteiger partial charge on any atom is -0.496 e. The van der Waals surface area contributed by atoms with Crippen molar-refractivity contribution in [3.63, 3.8) is 0 Å². The zero-order valence-electron chi connectivity index (χ0n) is 21.1. The van der Waals surface area contributed by atoms with Gasteiger partial charge < -0.3 is 10.1 Å². The first-order chi connectivity index (χ1) is 18.9. The molecule has 0 saturated carbocycles. The zero-order valence-corrected chi connectivity index (χ0v) is 21.9. The molecular weight excluding hydrogens is 518 g/mol. The first-order valence-corrected chi connectivity index (χ1v) is 13.3. The van der Waals surface area contributed by atoms with E-state index in [1.165, 1.54) is 23.9 Å². The van der Waals surface area contributed by atoms with Gasteiger partial charge in [-0.3, -0.25) is 24.6 Å². The lowest BCUT2D eigenvalue weighted by molar-refractivity contribution is -0.384. The number of nitrogens with one attached hydrogen (secondary N) is 1. The first kappa shape index (κ1) is 26.1. The summed E-state index contributed by atoms with van der Waals surface area (Å²) in [6, 6.07) is 20.6. The second-order valence-electron chi connectivity index (χ2n) is 8.91. The SMILES string of the molecule is COc1ccccc1CNC(=O)CCC1C(=O)N=C2c3ccccc3N=C(SCc3cccc([N+](=O)[O-])c3)N21. The van der Waals surface area contributed by atoms with E-state index in [-0.39, 0.29) is 30.3 Å². The molecule has 11 heteroatoms. The number of nitrogens with zero attached hydrogens (tertiary/aromatic N) is 4. The predicted octanol–water partition coefficient (Wildman–Crippen LogP) is 4.59. The van der Waals surface area contributed by atoms with Crippen LogP contribution in [0.2, 0.25) is 0 Å². The molecule has 3 aromatic rings. The van der Waals surface area contributed by atoms with Gasteiger partial charge in [0.05, 0.1) is 17.7 Å². The molecule has 0 aromatic heterocycles. The molecular formula is C28H25N5O5S. The number of hydrogen-bond donors (Lipinski definition) is 1. The van der Waals surface area contributed by atoms with Crippen molar-refractivity contribution in [2.45, 2.75) is 31.2 Å². The highest BCUT2D eigenvalue weighted by Crippen LogP contribution is 2.36. The van der Waals surface area contributed by atoms with Crippen molar-refractivity contribution in [1.82, 2.24) is 10.2 Å². The highest BCUT2D eigenvalue weighted by molar-refractivity contribution is 8.13. The van der Waals surface area contributed by atoms with E-state index in [1.54, 1.807) is 18.1 Å². The Morgan fingerprint density at radius 1 is 1.10 bits per heavy atom. The third-order valence-corrected chi connectivity index (χ3v) is 7.43. The minimum absolute atomic E-state index is 0.0136. The number of amides is 2. The molecule has 39 heavy (non-hydrogen) atoms. The van der Waals surface area contributed by atoms with Crippen LogP contribution in [-0.4, -0.2) is 45.8 Å². The summed E-state index contributed by atoms with van der Waals surface area (Å²) in [6.45, 7) is 0.312. The molecule has 2 aliphatic heterocycles. The molecule has 2 amide bonds. The Morgan fingerprint density at radius 3 is 2.72 bits per heavy atom. The topological polar surface area (TPSA) is 126 Å². The monoisotopic (exact) mass is 543 g/mol. The van der Waals surface area contributed by atoms with Gasteiger partial charge in [-0.2, -0.15) is 4.99 Å². The number of amidine groups is 2. The van der Waals surface area contributed by atoms with Crippen LogP contribution in [0.1, 0.15) is 29.5 Å². The van der Waals surface area contributed by atoms with Gasteiger partial charge in [0, 0.05) is 42.0 Å². The smallest absolute Gasteiger partial charge is 0.270 e. The van der Waals surface area contributed by atoms with Crippen LogP contribution in [-0.2, 0) is 21.9 Å². The van der Waals surface area contributed by atoms with Gasteiger partial charge in [0.15, 0.2) is 5.17 Å². The number of benzene rings is 3. The average molecular weight is 544 g/mol. The van der Waals surface area contributed by atoms with Gasteiger partial charge in [-0.15, -0.1) is 0 Å². The lowest BCUT2D eigenvalue weighted by Gasteiger charge is -2.31. The van der Waals surface area contributed by atoms with Gasteiger partial charge in [0.1, 0.15) is 17.6 Å². The van der Waals surface area contributed by atoms with Crippen LogP contribution in [0.5, 0.6) is 5.75 Å². The minimum atomic E-state index is -0.679. The molecule has 1 atom stereocenters. The Hall–Kier alpha value is -4.51. The number of methoxy groups -OCH3 is 1. The number of carbonyl (C=O) groups excluding carboxylic acids is 2. The van der Waals surface area contributed by atoms with E-state index in [0.717, 1.165) is 16.7 Å². The number of thioether (sulfide) groups is 1. The number of rotatable bonds is 9. The van der Waals surface area contributed by atoms with Crippen molar-refractivity contribution < 1.29 is 19.2 Å². The molecule has 5 rings (SSSR count). The predicted molar refractivity (Wildman–Crippen MR) is 149 cm³/mol. The lowest BCUT2D eigenvalue weighted by Crippen LogP contribution is -2.44. The summed E-state index contributed by atoms with van der Waals surface area (Å²) in [6.07, 6.45) is 0.372. The van der Waals surface area contributed by atoms with E-state index < -0.39 is 11.0 Å². The fourth-order valence-electron chi connectivity index (χ4n) is 4.48. The van der Waals surface area contributed by atoms with E-state index in [2.05, 4.69) is 10.3 Å². The molecule has 198 valence electrons. The van der Waals surface area contributed by atoms with Crippen molar-refractivity contribution in [2.24, 2.45) is 9.98 Å². The summed E-state index contributed by atoms with van der Waals surface area (Å²) in [5.74, 6) is 1.08. The number of aliphatic imine (C=N–C) groups is 2. The van der Waals surface area contributed by atoms with Crippen molar-refractivity contribution in [3.8, 4) is 5.75 Å². The summed E-state index contributed by atoms with van der Waals surface area (Å²) in [7, 11) is 1.58. The Kier molecular flexibility index (Phi) is 7.69. The van der Waals surface area contributed by atoms with E-state index in [4.69, 9.17) is 9.73 Å². The normalized spacial score (nSPS) is 15.7. The maximum Gasteiger partial charge on any atom is 0.270 e. The maximum absolute atomic E-state index is 13.0. The Morgan fingerprint density at radius 2 is 1.90 bits per heavy atom. The molecule has 2 heterocycles. The highest BCUT2D eigenvalue weighted by Gasteiger charge is 2.41. The molecule has 1 N–H and O–H groups in total. The number of ether oxygens (including phenoxy) is 1. The Labute approximate surface area is 228 Å². The molecule has 0 radical (unpaired) electrons. The molecule has 2 aliphatic rings. The van der Waals surface area contributed by atoms with Crippen LogP contribution in [0.3, 0.4) is 0 Å². The van der Waals surface area contributed by atoms with Gasteiger partial charge in [-0.25, -0.2) is 4.99 Å². The van der Waals surface area contributed by atoms with Crippen molar-refractivity contribution in [2.75, 3.05) is 7.11 Å². The lowest BCUT2D eigenvalue weighted by atomic mass is 10.1. The molecule has 0 spiro atoms. The van der Waals surface area contributed by atoms with Crippen molar-refractivity contribution in [3.05, 3.63) is 99.6 Å². The summed E-state index contributed by atoms with van der Waals surface area (Å²) in [4.78, 5) is 47.4. The molecule has 1 unspecified atom stereocenters. The third-order valence-electron chi connectivity index (χ3n) is 6.41. The number of nitro benzene ring substituents is 1. The molecule has 0 aliphatic carbocycles. The van der Waals surface area contributed by atoms with Gasteiger partial charge in [-0.05, 0) is 30.2 Å². The molecule has 3 aromatic carbocycles. The van der Waals surface area contributed by atoms with Crippen molar-refractivity contribution >= 4 is 46.0 Å². The van der Waals surface area contributed by atoms with Crippen LogP contribution in [0, 0.1) is 10.1 Å². The summed E-state index contributed by atoms with van der Waals surface area (Å²) in [5.41, 5.74) is 3.06. The highest BCUT2D eigenvalue weighted by atomic mass is 32.2. The quantitative estimate of drug-likeness (QED) is 0.309. The average Bonchev–Trinajstić information content (AvgIpc) is 3.30. The number of nitro groups is 1. The third kappa shape index (κ3) is 5.68. The van der Waals surface area contributed by atoms with Crippen LogP contribution < -0.4 is 10.1 Å². The Balaban J connectivity index is 1.31. The molecule has 10 nitrogen and oxygen atoms in total. The van der Waals surface area contributed by atoms with Crippen LogP contribution in [0.4, 0.5) is 11.4 Å². The molecule has 0 saturated heterocycles. The van der Waals surface area contributed by atoms with E-state index in [9.17, 15) is 19.7 Å². The summed E-state index contributed by atoms with van der Waals surface area (Å²) in [5, 5.41) is 14.6. The van der Waals surface area contributed by atoms with Gasteiger partial charge in [0.25, 0.3) is 11.6 Å². The van der Waals surface area contributed by atoms with Gasteiger partial charge in [0.2, 0.25) is 5.91 Å². The van der Waals surface area contributed by atoms with Crippen LogP contribution >= 0.6 is 11.8 Å². The molecule has 0 bridgehead atoms. The largest absolute Gasteiger partial charge is 0.496 e. The number of hydrogen-bond acceptors (Lipinski definition) is 8. The van der Waals surface area contributed by atoms with Crippen molar-refractivity contribution in [1.29, 1.82) is 0 Å². The van der Waals surface area contributed by atoms with Gasteiger partial charge >= 0.3 is 0 Å². The second kappa shape index (κ2) is 11.5. The fourth-order valence-corrected chi connectivity index (χ4v) is 5.47. The standard InChI is InChI=1S/C28H25N5O5S/c1-38-24-12-5-2-8-19(24)16-29-25(34)14-13-23-27(35)31-26-21-10-3-4-11-22(21)30-28(32(23)26)39-17-18-7-6-9-20(15-18)33(36)37/h2-12,15,23H,13-14,16-17H2,1H3,(H,29,34). The second-order valence-corrected chi connectivity index (χ2v) is 9.86. The summed E-state index contributed by atoms with van der Waals surface area (Å²) >= 11 is 1.37. The number of fused-ring (bicyclic) bond motifs is 3. The van der Waals surface area contributed by atoms with E-state index >= 15 is 0 Å². The fraction of sp³-hybridized carbons (Fsp3) is 0.214. The first-order valence-electron chi connectivity index (χ1n) is 12.3. The Bertz CT molecular complexity index is 1500. The van der Waals surface area contributed by atoms with E-state index in [1.807, 2.05) is 54.6 Å². The zero-order chi connectivity index (χ0) is 27.4.